The molecule has 1 amide bonds. The second-order valence-electron chi connectivity index (χ2n) is 7.79. The van der Waals surface area contributed by atoms with Crippen LogP contribution >= 0.6 is 15.9 Å². The monoisotopic (exact) mass is 544 g/mol. The first-order chi connectivity index (χ1) is 16.6. The van der Waals surface area contributed by atoms with Crippen molar-refractivity contribution in [1.29, 1.82) is 0 Å². The normalized spacial score (nSPS) is 14.3. The van der Waals surface area contributed by atoms with Gasteiger partial charge in [0, 0.05) is 4.47 Å². The summed E-state index contributed by atoms with van der Waals surface area (Å²) in [6.07, 6.45) is 1.43. The van der Waals surface area contributed by atoms with Crippen LogP contribution in [-0.4, -0.2) is 48.0 Å². The molecule has 2 aromatic carbocycles. The van der Waals surface area contributed by atoms with Gasteiger partial charge in [0.2, 0.25) is 0 Å². The molecule has 0 fully saturated rings. The summed E-state index contributed by atoms with van der Waals surface area (Å²) in [5.41, 5.74) is 2.08. The van der Waals surface area contributed by atoms with E-state index in [1.807, 2.05) is 6.92 Å². The molecule has 0 radical (unpaired) electrons. The number of hydrogen-bond acceptors (Lipinski definition) is 7. The maximum atomic E-state index is 13.1. The molecule has 0 unspecified atom stereocenters. The van der Waals surface area contributed by atoms with Gasteiger partial charge in [-0.25, -0.2) is 9.59 Å². The highest BCUT2D eigenvalue weighted by Crippen LogP contribution is 2.36. The molecule has 0 aliphatic carbocycles. The van der Waals surface area contributed by atoms with Crippen LogP contribution in [-0.2, 0) is 14.3 Å². The molecule has 0 atom stereocenters. The molecule has 1 aliphatic rings. The number of carboxylic acid groups (broad SMARTS) is 1. The summed E-state index contributed by atoms with van der Waals surface area (Å²) >= 11 is 3.49. The second-order valence-corrected chi connectivity index (χ2v) is 8.65. The van der Waals surface area contributed by atoms with Gasteiger partial charge >= 0.3 is 11.9 Å². The van der Waals surface area contributed by atoms with Gasteiger partial charge in [-0.1, -0.05) is 15.9 Å². The fourth-order valence-corrected chi connectivity index (χ4v) is 3.67. The summed E-state index contributed by atoms with van der Waals surface area (Å²) in [5.74, 6) is -1.15. The smallest absolute Gasteiger partial charge is 0.344 e. The maximum Gasteiger partial charge on any atom is 0.344 e. The molecule has 184 valence electrons. The number of anilines is 1. The third-order valence-electron chi connectivity index (χ3n) is 4.80. The number of aromatic carboxylic acids is 1. The molecule has 0 aromatic heterocycles. The SMILES string of the molecule is CCOc1cc(/C=C2/C(=O)N(c3ccc(C(=O)O)cc3)N=C2C)c(Br)cc1OCC(=O)OC(C)C. The highest BCUT2D eigenvalue weighted by Gasteiger charge is 2.29. The molecule has 0 saturated carbocycles. The van der Waals surface area contributed by atoms with Gasteiger partial charge in [-0.05, 0) is 75.7 Å². The number of carbonyl (C=O) groups excluding carboxylic acids is 2. The van der Waals surface area contributed by atoms with Crippen molar-refractivity contribution >= 4 is 51.3 Å². The molecule has 1 aliphatic heterocycles. The van der Waals surface area contributed by atoms with E-state index in [0.29, 0.717) is 45.1 Å². The number of esters is 1. The zero-order valence-electron chi connectivity index (χ0n) is 19.7. The minimum Gasteiger partial charge on any atom is -0.490 e. The van der Waals surface area contributed by atoms with Gasteiger partial charge in [-0.3, -0.25) is 4.79 Å². The second kappa shape index (κ2) is 11.2. The standard InChI is InChI=1S/C25H25BrN2O7/c1-5-33-21-11-17(20(26)12-22(21)34-13-23(29)35-14(2)3)10-19-15(4)27-28(24(19)30)18-8-6-16(7-9-18)25(31)32/h6-12,14H,5,13H2,1-4H3,(H,31,32)/b19-10+. The van der Waals surface area contributed by atoms with E-state index in [1.165, 1.54) is 29.3 Å². The van der Waals surface area contributed by atoms with Gasteiger partial charge in [0.05, 0.1) is 35.2 Å². The predicted molar refractivity (Wildman–Crippen MR) is 134 cm³/mol. The zero-order valence-corrected chi connectivity index (χ0v) is 21.3. The van der Waals surface area contributed by atoms with Crippen molar-refractivity contribution in [2.24, 2.45) is 5.10 Å². The van der Waals surface area contributed by atoms with Gasteiger partial charge in [0.1, 0.15) is 0 Å². The number of halogens is 1. The molecule has 0 bridgehead atoms. The van der Waals surface area contributed by atoms with Crippen molar-refractivity contribution in [3.05, 3.63) is 57.6 Å². The first-order valence-electron chi connectivity index (χ1n) is 10.8. The zero-order chi connectivity index (χ0) is 25.7. The van der Waals surface area contributed by atoms with Gasteiger partial charge in [-0.2, -0.15) is 10.1 Å². The van der Waals surface area contributed by atoms with Crippen molar-refractivity contribution in [1.82, 2.24) is 0 Å². The third-order valence-corrected chi connectivity index (χ3v) is 5.48. The van der Waals surface area contributed by atoms with Crippen LogP contribution in [0, 0.1) is 0 Å². The molecule has 3 rings (SSSR count). The summed E-state index contributed by atoms with van der Waals surface area (Å²) in [5, 5.41) is 14.6. The van der Waals surface area contributed by atoms with Crippen LogP contribution < -0.4 is 14.5 Å². The lowest BCUT2D eigenvalue weighted by Gasteiger charge is -2.15. The molecule has 9 nitrogen and oxygen atoms in total. The Bertz CT molecular complexity index is 1200. The van der Waals surface area contributed by atoms with E-state index in [4.69, 9.17) is 19.3 Å². The van der Waals surface area contributed by atoms with Gasteiger partial charge in [-0.15, -0.1) is 0 Å². The Balaban J connectivity index is 1.87. The molecule has 1 heterocycles. The lowest BCUT2D eigenvalue weighted by atomic mass is 10.1. The van der Waals surface area contributed by atoms with Crippen molar-refractivity contribution in [2.45, 2.75) is 33.8 Å². The fourth-order valence-electron chi connectivity index (χ4n) is 3.24. The Morgan fingerprint density at radius 2 is 1.80 bits per heavy atom. The molecule has 10 heteroatoms. The molecule has 1 N–H and O–H groups in total. The van der Waals surface area contributed by atoms with E-state index in [9.17, 15) is 14.4 Å². The molecule has 35 heavy (non-hydrogen) atoms. The minimum absolute atomic E-state index is 0.115. The van der Waals surface area contributed by atoms with Crippen molar-refractivity contribution < 1.29 is 33.7 Å². The molecule has 2 aromatic rings. The van der Waals surface area contributed by atoms with Crippen LogP contribution in [0.1, 0.15) is 43.6 Å². The predicted octanol–water partition coefficient (Wildman–Crippen LogP) is 4.68. The Morgan fingerprint density at radius 1 is 1.14 bits per heavy atom. The third kappa shape index (κ3) is 6.27. The first kappa shape index (κ1) is 26.0. The van der Waals surface area contributed by atoms with Gasteiger partial charge in [0.15, 0.2) is 18.1 Å². The van der Waals surface area contributed by atoms with E-state index < -0.39 is 11.9 Å². The number of ether oxygens (including phenoxy) is 3. The van der Waals surface area contributed by atoms with Crippen LogP contribution in [0.3, 0.4) is 0 Å². The summed E-state index contributed by atoms with van der Waals surface area (Å²) in [7, 11) is 0. The number of nitrogens with zero attached hydrogens (tertiary/aromatic N) is 2. The average Bonchev–Trinajstić information content (AvgIpc) is 3.08. The first-order valence-corrected chi connectivity index (χ1v) is 11.6. The summed E-state index contributed by atoms with van der Waals surface area (Å²) in [6.45, 7) is 7.13. The fraction of sp³-hybridized carbons (Fsp3) is 0.280. The van der Waals surface area contributed by atoms with Crippen LogP contribution in [0.5, 0.6) is 11.5 Å². The van der Waals surface area contributed by atoms with Crippen LogP contribution in [0.2, 0.25) is 0 Å². The number of hydrazone groups is 1. The number of benzene rings is 2. The van der Waals surface area contributed by atoms with E-state index in [2.05, 4.69) is 21.0 Å². The largest absolute Gasteiger partial charge is 0.490 e. The summed E-state index contributed by atoms with van der Waals surface area (Å²) in [4.78, 5) is 36.0. The Hall–Kier alpha value is -3.66. The number of rotatable bonds is 9. The van der Waals surface area contributed by atoms with E-state index >= 15 is 0 Å². The van der Waals surface area contributed by atoms with Crippen molar-refractivity contribution in [3.8, 4) is 11.5 Å². The number of hydrogen-bond donors (Lipinski definition) is 1. The highest BCUT2D eigenvalue weighted by atomic mass is 79.9. The quantitative estimate of drug-likeness (QED) is 0.359. The minimum atomic E-state index is -1.05. The number of amides is 1. The lowest BCUT2D eigenvalue weighted by molar-refractivity contribution is -0.149. The average molecular weight is 545 g/mol. The maximum absolute atomic E-state index is 13.1. The van der Waals surface area contributed by atoms with Crippen molar-refractivity contribution in [2.75, 3.05) is 18.2 Å². The summed E-state index contributed by atoms with van der Waals surface area (Å²) in [6, 6.07) is 9.25. The Kier molecular flexibility index (Phi) is 8.29. The topological polar surface area (TPSA) is 115 Å². The number of carboxylic acids is 1. The van der Waals surface area contributed by atoms with Crippen molar-refractivity contribution in [3.63, 3.8) is 0 Å². The number of carbonyl (C=O) groups is 3. The Labute approximate surface area is 211 Å². The molecular weight excluding hydrogens is 520 g/mol. The van der Waals surface area contributed by atoms with E-state index in [-0.39, 0.29) is 24.2 Å². The molecule has 0 spiro atoms. The van der Waals surface area contributed by atoms with Crippen LogP contribution in [0.25, 0.3) is 6.08 Å². The molecular formula is C25H25BrN2O7. The Morgan fingerprint density at radius 3 is 2.40 bits per heavy atom. The molecule has 0 saturated heterocycles. The van der Waals surface area contributed by atoms with Gasteiger partial charge in [0.25, 0.3) is 5.91 Å². The van der Waals surface area contributed by atoms with E-state index in [1.54, 1.807) is 39.0 Å². The van der Waals surface area contributed by atoms with Gasteiger partial charge < -0.3 is 19.3 Å². The lowest BCUT2D eigenvalue weighted by Crippen LogP contribution is -2.21. The highest BCUT2D eigenvalue weighted by molar-refractivity contribution is 9.10. The van der Waals surface area contributed by atoms with Crippen LogP contribution in [0.15, 0.2) is 51.5 Å². The van der Waals surface area contributed by atoms with E-state index in [0.717, 1.165) is 0 Å². The summed E-state index contributed by atoms with van der Waals surface area (Å²) < 4.78 is 17.0. The van der Waals surface area contributed by atoms with Crippen LogP contribution in [0.4, 0.5) is 5.69 Å².